The number of carbonyl (C=O) groups excluding carboxylic acids is 1. The lowest BCUT2D eigenvalue weighted by molar-refractivity contribution is 0.107. The molecule has 1 aliphatic heterocycles. The minimum Gasteiger partial charge on any atom is -0.492 e. The molecule has 3 nitrogen and oxygen atoms in total. The molecule has 2 N–H and O–H groups in total. The van der Waals surface area contributed by atoms with E-state index in [1.165, 1.54) is 6.07 Å². The van der Waals surface area contributed by atoms with Gasteiger partial charge in [0.25, 0.3) is 5.24 Å². The van der Waals surface area contributed by atoms with Gasteiger partial charge in [0.2, 0.25) is 0 Å². The topological polar surface area (TPSA) is 52.3 Å². The summed E-state index contributed by atoms with van der Waals surface area (Å²) in [7, 11) is 0. The van der Waals surface area contributed by atoms with Gasteiger partial charge in [-0.25, -0.2) is 0 Å². The molecule has 0 atom stereocenters. The predicted octanol–water partition coefficient (Wildman–Crippen LogP) is 2.24. The first kappa shape index (κ1) is 9.62. The molecule has 0 unspecified atom stereocenters. The number of carbonyl (C=O) groups is 1. The number of hydrogen-bond acceptors (Lipinski definition) is 3. The molecule has 1 aliphatic rings. The molecular weight excluding hydrogens is 225 g/mol. The van der Waals surface area contributed by atoms with Crippen LogP contribution in [0.4, 0.5) is 5.69 Å². The molecular formula is C9H7Cl2NO2. The van der Waals surface area contributed by atoms with E-state index >= 15 is 0 Å². The van der Waals surface area contributed by atoms with Crippen LogP contribution in [0.25, 0.3) is 0 Å². The minimum absolute atomic E-state index is 0.290. The maximum Gasteiger partial charge on any atom is 0.256 e. The third-order valence-electron chi connectivity index (χ3n) is 2.18. The number of hydrogen-bond donors (Lipinski definition) is 1. The van der Waals surface area contributed by atoms with Crippen molar-refractivity contribution < 1.29 is 9.53 Å². The van der Waals surface area contributed by atoms with Gasteiger partial charge in [-0.15, -0.1) is 0 Å². The van der Waals surface area contributed by atoms with E-state index in [0.717, 1.165) is 5.56 Å². The molecule has 0 radical (unpaired) electrons. The van der Waals surface area contributed by atoms with Gasteiger partial charge in [0.05, 0.1) is 22.9 Å². The van der Waals surface area contributed by atoms with Crippen molar-refractivity contribution >= 4 is 34.1 Å². The average molecular weight is 232 g/mol. The SMILES string of the molecule is Nc1c(Cl)cc(C(=O)Cl)c2c1CCO2. The lowest BCUT2D eigenvalue weighted by atomic mass is 10.1. The van der Waals surface area contributed by atoms with Crippen LogP contribution in [0.3, 0.4) is 0 Å². The van der Waals surface area contributed by atoms with Crippen LogP contribution in [0.15, 0.2) is 6.07 Å². The summed E-state index contributed by atoms with van der Waals surface area (Å²) in [4.78, 5) is 11.1. The van der Waals surface area contributed by atoms with Crippen LogP contribution in [0.5, 0.6) is 5.75 Å². The first-order valence-corrected chi connectivity index (χ1v) is 4.80. The fourth-order valence-electron chi connectivity index (χ4n) is 1.51. The van der Waals surface area contributed by atoms with Crippen molar-refractivity contribution in [2.45, 2.75) is 6.42 Å². The zero-order valence-electron chi connectivity index (χ0n) is 7.14. The number of fused-ring (bicyclic) bond motifs is 1. The molecule has 0 spiro atoms. The first-order valence-electron chi connectivity index (χ1n) is 4.04. The highest BCUT2D eigenvalue weighted by atomic mass is 35.5. The van der Waals surface area contributed by atoms with Gasteiger partial charge in [0.15, 0.2) is 0 Å². The molecule has 1 aromatic rings. The Morgan fingerprint density at radius 3 is 2.93 bits per heavy atom. The number of benzene rings is 1. The maximum atomic E-state index is 11.1. The standard InChI is InChI=1S/C9H7Cl2NO2/c10-6-3-5(9(11)13)8-4(7(6)12)1-2-14-8/h3H,1-2,12H2. The Kier molecular flexibility index (Phi) is 2.29. The number of ether oxygens (including phenoxy) is 1. The van der Waals surface area contributed by atoms with Crippen molar-refractivity contribution in [2.75, 3.05) is 12.3 Å². The minimum atomic E-state index is -0.579. The smallest absolute Gasteiger partial charge is 0.256 e. The summed E-state index contributed by atoms with van der Waals surface area (Å²) in [6.45, 7) is 0.511. The number of halogens is 2. The van der Waals surface area contributed by atoms with Crippen LogP contribution >= 0.6 is 23.2 Å². The van der Waals surface area contributed by atoms with Crippen molar-refractivity contribution in [3.05, 3.63) is 22.2 Å². The molecule has 2 rings (SSSR count). The van der Waals surface area contributed by atoms with Gasteiger partial charge < -0.3 is 10.5 Å². The number of nitrogen functional groups attached to an aromatic ring is 1. The van der Waals surface area contributed by atoms with Crippen LogP contribution < -0.4 is 10.5 Å². The summed E-state index contributed by atoms with van der Waals surface area (Å²) >= 11 is 11.2. The zero-order valence-corrected chi connectivity index (χ0v) is 8.65. The van der Waals surface area contributed by atoms with E-state index in [1.807, 2.05) is 0 Å². The summed E-state index contributed by atoms with van der Waals surface area (Å²) in [5, 5.41) is -0.233. The average Bonchev–Trinajstić information content (AvgIpc) is 2.59. The second-order valence-electron chi connectivity index (χ2n) is 3.00. The van der Waals surface area contributed by atoms with Crippen molar-refractivity contribution in [2.24, 2.45) is 0 Å². The lowest BCUT2D eigenvalue weighted by Gasteiger charge is -2.07. The van der Waals surface area contributed by atoms with E-state index in [9.17, 15) is 4.79 Å². The van der Waals surface area contributed by atoms with Gasteiger partial charge in [-0.1, -0.05) is 11.6 Å². The van der Waals surface area contributed by atoms with Crippen LogP contribution in [-0.2, 0) is 6.42 Å². The number of rotatable bonds is 1. The van der Waals surface area contributed by atoms with Crippen molar-refractivity contribution in [1.29, 1.82) is 0 Å². The fourth-order valence-corrected chi connectivity index (χ4v) is 1.88. The summed E-state index contributed by atoms with van der Waals surface area (Å²) in [5.41, 5.74) is 7.28. The summed E-state index contributed by atoms with van der Waals surface area (Å²) in [6.07, 6.45) is 0.666. The Bertz CT molecular complexity index is 418. The van der Waals surface area contributed by atoms with Crippen LogP contribution in [0.1, 0.15) is 15.9 Å². The van der Waals surface area contributed by atoms with Gasteiger partial charge in [0, 0.05) is 12.0 Å². The maximum absolute atomic E-state index is 11.1. The monoisotopic (exact) mass is 231 g/mol. The Balaban J connectivity index is 2.70. The van der Waals surface area contributed by atoms with Crippen molar-refractivity contribution in [3.63, 3.8) is 0 Å². The first-order chi connectivity index (χ1) is 6.61. The molecule has 0 amide bonds. The molecule has 14 heavy (non-hydrogen) atoms. The summed E-state index contributed by atoms with van der Waals surface area (Å²) < 4.78 is 5.28. The van der Waals surface area contributed by atoms with E-state index in [0.29, 0.717) is 35.1 Å². The Labute approximate surface area is 90.7 Å². The molecule has 0 saturated heterocycles. The zero-order chi connectivity index (χ0) is 10.3. The van der Waals surface area contributed by atoms with E-state index in [4.69, 9.17) is 33.7 Å². The molecule has 1 aromatic carbocycles. The van der Waals surface area contributed by atoms with Gasteiger partial charge >= 0.3 is 0 Å². The van der Waals surface area contributed by atoms with E-state index in [2.05, 4.69) is 0 Å². The van der Waals surface area contributed by atoms with E-state index < -0.39 is 5.24 Å². The highest BCUT2D eigenvalue weighted by molar-refractivity contribution is 6.68. The third kappa shape index (κ3) is 1.33. The molecule has 0 fully saturated rings. The summed E-state index contributed by atoms with van der Waals surface area (Å²) in [6, 6.07) is 1.44. The van der Waals surface area contributed by atoms with Gasteiger partial charge in [-0.2, -0.15) is 0 Å². The van der Waals surface area contributed by atoms with E-state index in [-0.39, 0.29) is 0 Å². The van der Waals surface area contributed by atoms with E-state index in [1.54, 1.807) is 0 Å². The second-order valence-corrected chi connectivity index (χ2v) is 3.75. The van der Waals surface area contributed by atoms with Crippen LogP contribution in [0, 0.1) is 0 Å². The Morgan fingerprint density at radius 1 is 1.57 bits per heavy atom. The number of nitrogens with two attached hydrogens (primary N) is 1. The Hall–Kier alpha value is -0.930. The van der Waals surface area contributed by atoms with Gasteiger partial charge in [-0.05, 0) is 17.7 Å². The van der Waals surface area contributed by atoms with Gasteiger partial charge in [-0.3, -0.25) is 4.79 Å². The second kappa shape index (κ2) is 3.33. The lowest BCUT2D eigenvalue weighted by Crippen LogP contribution is -1.98. The molecule has 5 heteroatoms. The molecule has 0 saturated carbocycles. The highest BCUT2D eigenvalue weighted by Gasteiger charge is 2.24. The third-order valence-corrected chi connectivity index (χ3v) is 2.70. The van der Waals surface area contributed by atoms with Gasteiger partial charge in [0.1, 0.15) is 5.75 Å². The molecule has 0 aromatic heterocycles. The van der Waals surface area contributed by atoms with Crippen molar-refractivity contribution in [3.8, 4) is 5.75 Å². The Morgan fingerprint density at radius 2 is 2.29 bits per heavy atom. The normalized spacial score (nSPS) is 13.6. The van der Waals surface area contributed by atoms with Crippen LogP contribution in [-0.4, -0.2) is 11.8 Å². The quantitative estimate of drug-likeness (QED) is 0.596. The molecule has 74 valence electrons. The highest BCUT2D eigenvalue weighted by Crippen LogP contribution is 2.39. The predicted molar refractivity (Wildman–Crippen MR) is 55.2 cm³/mol. The largest absolute Gasteiger partial charge is 0.492 e. The van der Waals surface area contributed by atoms with Crippen molar-refractivity contribution in [1.82, 2.24) is 0 Å². The fraction of sp³-hybridized carbons (Fsp3) is 0.222. The summed E-state index contributed by atoms with van der Waals surface area (Å²) in [5.74, 6) is 0.479. The number of anilines is 1. The van der Waals surface area contributed by atoms with Crippen LogP contribution in [0.2, 0.25) is 5.02 Å². The molecule has 0 bridgehead atoms. The molecule has 1 heterocycles. The molecule has 0 aliphatic carbocycles.